The number of anilines is 3. The van der Waals surface area contributed by atoms with Gasteiger partial charge in [0.05, 0.1) is 30.5 Å². The highest BCUT2D eigenvalue weighted by atomic mass is 32.1. The summed E-state index contributed by atoms with van der Waals surface area (Å²) in [5, 5.41) is 9.43. The summed E-state index contributed by atoms with van der Waals surface area (Å²) in [6.07, 6.45) is 2.65. The molecular formula is C23H27N3O4S. The topological polar surface area (TPSA) is 96.5 Å². The molecule has 2 aliphatic rings. The van der Waals surface area contributed by atoms with Crippen molar-refractivity contribution in [3.8, 4) is 0 Å². The average molecular weight is 442 g/mol. The molecule has 0 fully saturated rings. The molecule has 31 heavy (non-hydrogen) atoms. The van der Waals surface area contributed by atoms with Crippen molar-refractivity contribution in [3.05, 3.63) is 39.3 Å². The Kier molecular flexibility index (Phi) is 5.75. The quantitative estimate of drug-likeness (QED) is 0.623. The fourth-order valence-corrected chi connectivity index (χ4v) is 5.59. The fourth-order valence-electron chi connectivity index (χ4n) is 4.18. The molecule has 0 saturated heterocycles. The summed E-state index contributed by atoms with van der Waals surface area (Å²) in [6.45, 7) is 6.18. The van der Waals surface area contributed by atoms with Crippen LogP contribution in [0.4, 0.5) is 16.4 Å². The van der Waals surface area contributed by atoms with Crippen molar-refractivity contribution in [3.63, 3.8) is 0 Å². The third kappa shape index (κ3) is 4.17. The summed E-state index contributed by atoms with van der Waals surface area (Å²) in [7, 11) is 1.35. The number of esters is 1. The SMILES string of the molecule is COC(=O)c1c(NC(=O)C[C@H]2Nc3cc(C)c(C)cc3NC2=O)sc2c1CC[C@@H](C)C2. The number of hydrogen-bond acceptors (Lipinski definition) is 6. The fraction of sp³-hybridized carbons (Fsp3) is 0.435. The molecule has 1 aliphatic heterocycles. The van der Waals surface area contributed by atoms with E-state index in [9.17, 15) is 14.4 Å². The Morgan fingerprint density at radius 1 is 1.23 bits per heavy atom. The van der Waals surface area contributed by atoms with Crippen LogP contribution < -0.4 is 16.0 Å². The molecule has 2 aromatic rings. The highest BCUT2D eigenvalue weighted by Gasteiger charge is 2.31. The Morgan fingerprint density at radius 3 is 2.65 bits per heavy atom. The van der Waals surface area contributed by atoms with Crippen LogP contribution >= 0.6 is 11.3 Å². The van der Waals surface area contributed by atoms with Gasteiger partial charge in [0.2, 0.25) is 11.8 Å². The van der Waals surface area contributed by atoms with Gasteiger partial charge >= 0.3 is 5.97 Å². The second kappa shape index (κ2) is 8.34. The van der Waals surface area contributed by atoms with E-state index in [4.69, 9.17) is 4.74 Å². The molecule has 1 aliphatic carbocycles. The van der Waals surface area contributed by atoms with Crippen LogP contribution in [0.1, 0.15) is 51.7 Å². The molecule has 8 heteroatoms. The van der Waals surface area contributed by atoms with E-state index in [1.54, 1.807) is 0 Å². The summed E-state index contributed by atoms with van der Waals surface area (Å²) in [4.78, 5) is 38.9. The van der Waals surface area contributed by atoms with Crippen molar-refractivity contribution in [2.24, 2.45) is 5.92 Å². The lowest BCUT2D eigenvalue weighted by Gasteiger charge is -2.27. The molecule has 2 heterocycles. The predicted molar refractivity (Wildman–Crippen MR) is 122 cm³/mol. The molecule has 2 amide bonds. The van der Waals surface area contributed by atoms with Crippen LogP contribution in [0, 0.1) is 19.8 Å². The number of nitrogens with one attached hydrogen (secondary N) is 3. The first kappa shape index (κ1) is 21.4. The summed E-state index contributed by atoms with van der Waals surface area (Å²) in [5.74, 6) is -0.465. The van der Waals surface area contributed by atoms with Gasteiger partial charge < -0.3 is 20.7 Å². The van der Waals surface area contributed by atoms with Gasteiger partial charge in [-0.1, -0.05) is 6.92 Å². The molecule has 1 aromatic heterocycles. The van der Waals surface area contributed by atoms with Gasteiger partial charge in [-0.25, -0.2) is 4.79 Å². The first-order chi connectivity index (χ1) is 14.8. The Labute approximate surface area is 185 Å². The molecular weight excluding hydrogens is 414 g/mol. The van der Waals surface area contributed by atoms with Gasteiger partial charge in [0.25, 0.3) is 0 Å². The molecule has 0 saturated carbocycles. The Bertz CT molecular complexity index is 1080. The second-order valence-electron chi connectivity index (χ2n) is 8.47. The number of carbonyl (C=O) groups excluding carboxylic acids is 3. The maximum atomic E-state index is 12.8. The Balaban J connectivity index is 1.52. The number of thiophene rings is 1. The van der Waals surface area contributed by atoms with Gasteiger partial charge in [0, 0.05) is 4.88 Å². The third-order valence-corrected chi connectivity index (χ3v) is 7.25. The average Bonchev–Trinajstić information content (AvgIpc) is 3.06. The number of benzene rings is 1. The minimum Gasteiger partial charge on any atom is -0.465 e. The van der Waals surface area contributed by atoms with E-state index in [0.29, 0.717) is 16.5 Å². The molecule has 4 rings (SSSR count). The van der Waals surface area contributed by atoms with E-state index < -0.39 is 12.0 Å². The van der Waals surface area contributed by atoms with E-state index in [2.05, 4.69) is 22.9 Å². The summed E-state index contributed by atoms with van der Waals surface area (Å²) >= 11 is 1.44. The van der Waals surface area contributed by atoms with Gasteiger partial charge in [-0.2, -0.15) is 0 Å². The van der Waals surface area contributed by atoms with E-state index in [0.717, 1.165) is 52.2 Å². The standard InChI is InChI=1S/C23H27N3O4S/c1-11-5-6-14-18(7-11)31-22(20(14)23(29)30-4)26-19(27)10-17-21(28)25-16-9-13(3)12(2)8-15(16)24-17/h8-9,11,17,24H,5-7,10H2,1-4H3,(H,25,28)(H,26,27)/t11-,17-/m1/s1. The summed E-state index contributed by atoms with van der Waals surface area (Å²) in [5.41, 5.74) is 5.16. The van der Waals surface area contributed by atoms with Crippen molar-refractivity contribution in [1.82, 2.24) is 0 Å². The molecule has 0 radical (unpaired) electrons. The zero-order valence-corrected chi connectivity index (χ0v) is 19.0. The maximum Gasteiger partial charge on any atom is 0.341 e. The van der Waals surface area contributed by atoms with Crippen LogP contribution in [0.5, 0.6) is 0 Å². The number of rotatable bonds is 4. The normalized spacial score (nSPS) is 19.5. The predicted octanol–water partition coefficient (Wildman–Crippen LogP) is 4.04. The molecule has 0 unspecified atom stereocenters. The van der Waals surface area contributed by atoms with Crippen molar-refractivity contribution in [2.75, 3.05) is 23.1 Å². The minimum absolute atomic E-state index is 0.0439. The Hall–Kier alpha value is -2.87. The van der Waals surface area contributed by atoms with Gasteiger partial charge in [-0.15, -0.1) is 11.3 Å². The Morgan fingerprint density at radius 2 is 1.94 bits per heavy atom. The lowest BCUT2D eigenvalue weighted by Crippen LogP contribution is -2.41. The number of ether oxygens (including phenoxy) is 1. The molecule has 0 spiro atoms. The molecule has 0 bridgehead atoms. The number of hydrogen-bond donors (Lipinski definition) is 3. The smallest absolute Gasteiger partial charge is 0.341 e. The van der Waals surface area contributed by atoms with Crippen LogP contribution in [0.2, 0.25) is 0 Å². The largest absolute Gasteiger partial charge is 0.465 e. The minimum atomic E-state index is -0.689. The number of amides is 2. The van der Waals surface area contributed by atoms with Gasteiger partial charge in [0.1, 0.15) is 11.0 Å². The molecule has 3 N–H and O–H groups in total. The number of aryl methyl sites for hydroxylation is 2. The zero-order chi connectivity index (χ0) is 22.3. The maximum absolute atomic E-state index is 12.8. The van der Waals surface area contributed by atoms with Crippen LogP contribution in [-0.2, 0) is 27.2 Å². The summed E-state index contributed by atoms with van der Waals surface area (Å²) in [6, 6.07) is 3.20. The van der Waals surface area contributed by atoms with Crippen LogP contribution in [0.15, 0.2) is 12.1 Å². The molecule has 2 atom stereocenters. The van der Waals surface area contributed by atoms with Gasteiger partial charge in [-0.3, -0.25) is 9.59 Å². The molecule has 7 nitrogen and oxygen atoms in total. The number of carbonyl (C=O) groups is 3. The monoisotopic (exact) mass is 441 g/mol. The molecule has 164 valence electrons. The first-order valence-corrected chi connectivity index (χ1v) is 11.3. The summed E-state index contributed by atoms with van der Waals surface area (Å²) < 4.78 is 4.98. The van der Waals surface area contributed by atoms with E-state index >= 15 is 0 Å². The van der Waals surface area contributed by atoms with Gasteiger partial charge in [-0.05, 0) is 67.9 Å². The van der Waals surface area contributed by atoms with E-state index in [-0.39, 0.29) is 18.2 Å². The van der Waals surface area contributed by atoms with Crippen molar-refractivity contribution in [1.29, 1.82) is 0 Å². The van der Waals surface area contributed by atoms with Crippen LogP contribution in [0.3, 0.4) is 0 Å². The van der Waals surface area contributed by atoms with Crippen molar-refractivity contribution < 1.29 is 19.1 Å². The van der Waals surface area contributed by atoms with E-state index in [1.807, 2.05) is 26.0 Å². The third-order valence-electron chi connectivity index (χ3n) is 6.08. The lowest BCUT2D eigenvalue weighted by atomic mass is 9.88. The van der Waals surface area contributed by atoms with Crippen molar-refractivity contribution in [2.45, 2.75) is 52.5 Å². The molecule has 1 aromatic carbocycles. The van der Waals surface area contributed by atoms with Crippen molar-refractivity contribution >= 4 is 45.5 Å². The first-order valence-electron chi connectivity index (χ1n) is 10.5. The number of methoxy groups -OCH3 is 1. The second-order valence-corrected chi connectivity index (χ2v) is 9.57. The van der Waals surface area contributed by atoms with Crippen LogP contribution in [0.25, 0.3) is 0 Å². The lowest BCUT2D eigenvalue weighted by molar-refractivity contribution is -0.122. The highest BCUT2D eigenvalue weighted by Crippen LogP contribution is 2.40. The van der Waals surface area contributed by atoms with Gasteiger partial charge in [0.15, 0.2) is 0 Å². The van der Waals surface area contributed by atoms with Crippen LogP contribution in [-0.4, -0.2) is 30.9 Å². The zero-order valence-electron chi connectivity index (χ0n) is 18.2. The van der Waals surface area contributed by atoms with E-state index in [1.165, 1.54) is 18.4 Å². The highest BCUT2D eigenvalue weighted by molar-refractivity contribution is 7.17. The number of fused-ring (bicyclic) bond motifs is 2.